The number of hydrogen-bond acceptors (Lipinski definition) is 4. The number of aliphatic carboxylic acids is 1. The Bertz CT molecular complexity index is 396. The highest BCUT2D eigenvalue weighted by atomic mass is 16.4. The number of aliphatic hydroxyl groups is 3. The number of aliphatic hydroxyl groups excluding tert-OH is 3. The summed E-state index contributed by atoms with van der Waals surface area (Å²) in [7, 11) is 0. The van der Waals surface area contributed by atoms with E-state index in [1.807, 2.05) is 12.2 Å². The van der Waals surface area contributed by atoms with Gasteiger partial charge in [0.05, 0.1) is 18.3 Å². The third-order valence-electron chi connectivity index (χ3n) is 5.30. The van der Waals surface area contributed by atoms with E-state index in [2.05, 4.69) is 6.92 Å². The van der Waals surface area contributed by atoms with E-state index in [9.17, 15) is 20.1 Å². The average molecular weight is 357 g/mol. The Morgan fingerprint density at radius 2 is 1.80 bits per heavy atom. The molecule has 0 heterocycles. The Balaban J connectivity index is 2.41. The van der Waals surface area contributed by atoms with Gasteiger partial charge in [-0.1, -0.05) is 51.2 Å². The van der Waals surface area contributed by atoms with Crippen LogP contribution in [0.25, 0.3) is 0 Å². The highest BCUT2D eigenvalue weighted by Crippen LogP contribution is 2.38. The molecule has 0 saturated heterocycles. The fourth-order valence-corrected chi connectivity index (χ4v) is 3.87. The molecule has 0 aromatic carbocycles. The van der Waals surface area contributed by atoms with Gasteiger partial charge in [-0.2, -0.15) is 0 Å². The van der Waals surface area contributed by atoms with Gasteiger partial charge in [0.1, 0.15) is 0 Å². The maximum atomic E-state index is 10.5. The lowest BCUT2D eigenvalue weighted by atomic mass is 9.84. The molecule has 0 bridgehead atoms. The van der Waals surface area contributed by atoms with Crippen LogP contribution >= 0.6 is 0 Å². The van der Waals surface area contributed by atoms with E-state index in [-0.39, 0.29) is 18.3 Å². The number of hydrogen-bond donors (Lipinski definition) is 4. The van der Waals surface area contributed by atoms with Crippen molar-refractivity contribution in [1.82, 2.24) is 0 Å². The average Bonchev–Trinajstić information content (AvgIpc) is 2.83. The van der Waals surface area contributed by atoms with Crippen LogP contribution in [0.2, 0.25) is 0 Å². The summed E-state index contributed by atoms with van der Waals surface area (Å²) in [5.41, 5.74) is 0. The molecule has 5 atom stereocenters. The lowest BCUT2D eigenvalue weighted by Crippen LogP contribution is -2.33. The third-order valence-corrected chi connectivity index (χ3v) is 5.30. The number of carboxylic acid groups (broad SMARTS) is 1. The van der Waals surface area contributed by atoms with E-state index < -0.39 is 24.3 Å². The normalized spacial score (nSPS) is 27.8. The predicted molar refractivity (Wildman–Crippen MR) is 98.2 cm³/mol. The molecule has 4 N–H and O–H groups in total. The van der Waals surface area contributed by atoms with Crippen molar-refractivity contribution in [2.75, 3.05) is 0 Å². The van der Waals surface area contributed by atoms with Gasteiger partial charge in [0.25, 0.3) is 0 Å². The molecular weight excluding hydrogens is 320 g/mol. The lowest BCUT2D eigenvalue weighted by Gasteiger charge is -2.27. The van der Waals surface area contributed by atoms with E-state index >= 15 is 0 Å². The zero-order valence-corrected chi connectivity index (χ0v) is 15.5. The van der Waals surface area contributed by atoms with E-state index in [1.54, 1.807) is 0 Å². The molecule has 0 radical (unpaired) electrons. The maximum absolute atomic E-state index is 10.5. The van der Waals surface area contributed by atoms with Gasteiger partial charge in [0.15, 0.2) is 0 Å². The van der Waals surface area contributed by atoms with Crippen molar-refractivity contribution in [2.45, 2.75) is 95.9 Å². The van der Waals surface area contributed by atoms with Crippen molar-refractivity contribution in [3.05, 3.63) is 12.2 Å². The summed E-state index contributed by atoms with van der Waals surface area (Å²) in [5, 5.41) is 39.6. The molecule has 0 amide bonds. The Hall–Kier alpha value is -0.910. The highest BCUT2D eigenvalue weighted by Gasteiger charge is 2.44. The smallest absolute Gasteiger partial charge is 0.303 e. The van der Waals surface area contributed by atoms with Crippen LogP contribution in [0.15, 0.2) is 12.2 Å². The lowest BCUT2D eigenvalue weighted by molar-refractivity contribution is -0.137. The van der Waals surface area contributed by atoms with Crippen LogP contribution in [0, 0.1) is 11.8 Å². The van der Waals surface area contributed by atoms with Crippen LogP contribution in [0.5, 0.6) is 0 Å². The number of allylic oxidation sites excluding steroid dienone is 2. The first-order chi connectivity index (χ1) is 12.0. The fraction of sp³-hybridized carbons (Fsp3) is 0.850. The fourth-order valence-electron chi connectivity index (χ4n) is 3.87. The number of rotatable bonds is 13. The van der Waals surface area contributed by atoms with E-state index in [1.165, 1.54) is 19.3 Å². The molecular formula is C20H36O5. The highest BCUT2D eigenvalue weighted by molar-refractivity contribution is 5.66. The van der Waals surface area contributed by atoms with Crippen LogP contribution in [0.1, 0.15) is 77.6 Å². The van der Waals surface area contributed by atoms with Gasteiger partial charge >= 0.3 is 5.97 Å². The van der Waals surface area contributed by atoms with Crippen molar-refractivity contribution in [3.8, 4) is 0 Å². The second kappa shape index (κ2) is 12.4. The van der Waals surface area contributed by atoms with Crippen molar-refractivity contribution in [2.24, 2.45) is 11.8 Å². The zero-order chi connectivity index (χ0) is 18.7. The number of carboxylic acids is 1. The summed E-state index contributed by atoms with van der Waals surface area (Å²) in [5.74, 6) is -1.19. The van der Waals surface area contributed by atoms with Gasteiger partial charge in [-0.3, -0.25) is 4.79 Å². The van der Waals surface area contributed by atoms with Crippen molar-refractivity contribution in [1.29, 1.82) is 0 Å². The summed E-state index contributed by atoms with van der Waals surface area (Å²) < 4.78 is 0. The molecule has 1 rings (SSSR count). The topological polar surface area (TPSA) is 98.0 Å². The van der Waals surface area contributed by atoms with Crippen LogP contribution in [0.3, 0.4) is 0 Å². The zero-order valence-electron chi connectivity index (χ0n) is 15.5. The second-order valence-electron chi connectivity index (χ2n) is 7.37. The molecule has 25 heavy (non-hydrogen) atoms. The molecule has 0 aliphatic heterocycles. The maximum Gasteiger partial charge on any atom is 0.303 e. The summed E-state index contributed by atoms with van der Waals surface area (Å²) in [6, 6.07) is 0. The van der Waals surface area contributed by atoms with E-state index in [0.717, 1.165) is 12.8 Å². The largest absolute Gasteiger partial charge is 0.481 e. The first-order valence-electron chi connectivity index (χ1n) is 9.88. The Labute approximate surface area is 151 Å². The minimum Gasteiger partial charge on any atom is -0.481 e. The third kappa shape index (κ3) is 8.34. The van der Waals surface area contributed by atoms with Gasteiger partial charge in [-0.05, 0) is 38.0 Å². The van der Waals surface area contributed by atoms with E-state index in [4.69, 9.17) is 5.11 Å². The first kappa shape index (κ1) is 22.1. The van der Waals surface area contributed by atoms with Gasteiger partial charge in [-0.25, -0.2) is 0 Å². The van der Waals surface area contributed by atoms with Gasteiger partial charge in [-0.15, -0.1) is 0 Å². The molecule has 0 aromatic rings. The summed E-state index contributed by atoms with van der Waals surface area (Å²) in [6.07, 6.45) is 10.8. The quantitative estimate of drug-likeness (QED) is 0.300. The van der Waals surface area contributed by atoms with Crippen LogP contribution in [0.4, 0.5) is 0 Å². The number of unbranched alkanes of at least 4 members (excludes halogenated alkanes) is 5. The molecule has 0 aromatic heterocycles. The van der Waals surface area contributed by atoms with Crippen LogP contribution in [-0.2, 0) is 4.79 Å². The Kier molecular flexibility index (Phi) is 11.0. The van der Waals surface area contributed by atoms with E-state index in [0.29, 0.717) is 32.1 Å². The van der Waals surface area contributed by atoms with Crippen molar-refractivity contribution >= 4 is 5.97 Å². The molecule has 5 heteroatoms. The second-order valence-corrected chi connectivity index (χ2v) is 7.37. The monoisotopic (exact) mass is 356 g/mol. The molecule has 0 spiro atoms. The summed E-state index contributed by atoms with van der Waals surface area (Å²) in [6.45, 7) is 2.17. The predicted octanol–water partition coefficient (Wildman–Crippen LogP) is 3.27. The molecule has 146 valence electrons. The summed E-state index contributed by atoms with van der Waals surface area (Å²) in [4.78, 5) is 10.5. The SMILES string of the molecule is CCCCCCCC(O)C1C(O)CC(O)C1CC=CCCCC(=O)O. The summed E-state index contributed by atoms with van der Waals surface area (Å²) >= 11 is 0. The standard InChI is InChI=1S/C20H36O5/c1-2-3-4-5-9-12-16(21)20-15(17(22)14-18(20)23)11-8-6-7-10-13-19(24)25/h6,8,15-18,20-23H,2-5,7,9-14H2,1H3,(H,24,25). The van der Waals surface area contributed by atoms with Gasteiger partial charge in [0.2, 0.25) is 0 Å². The van der Waals surface area contributed by atoms with Crippen molar-refractivity contribution < 1.29 is 25.2 Å². The Morgan fingerprint density at radius 1 is 1.08 bits per heavy atom. The molecule has 5 unspecified atom stereocenters. The Morgan fingerprint density at radius 3 is 2.48 bits per heavy atom. The molecule has 1 fully saturated rings. The molecule has 1 aliphatic carbocycles. The minimum atomic E-state index is -0.787. The molecule has 1 saturated carbocycles. The van der Waals surface area contributed by atoms with Crippen LogP contribution in [-0.4, -0.2) is 44.7 Å². The van der Waals surface area contributed by atoms with Crippen LogP contribution < -0.4 is 0 Å². The first-order valence-corrected chi connectivity index (χ1v) is 9.88. The molecule has 1 aliphatic rings. The minimum absolute atomic E-state index is 0.128. The molecule has 5 nitrogen and oxygen atoms in total. The van der Waals surface area contributed by atoms with Gasteiger partial charge < -0.3 is 20.4 Å². The van der Waals surface area contributed by atoms with Crippen molar-refractivity contribution in [3.63, 3.8) is 0 Å². The number of carbonyl (C=O) groups is 1. The van der Waals surface area contributed by atoms with Gasteiger partial charge in [0, 0.05) is 12.3 Å².